The van der Waals surface area contributed by atoms with Crippen molar-refractivity contribution < 1.29 is 9.59 Å². The summed E-state index contributed by atoms with van der Waals surface area (Å²) in [6.07, 6.45) is 5.43. The quantitative estimate of drug-likeness (QED) is 0.545. The standard InChI is InChI=1S/C26H29ClN2O2/c1-3-4-7-19-8-14-22(15-9-19)29-25(30)23(20-10-12-21(27)13-11-20)24(26(29)31)28-16-5-6-18(2)17-28/h8-15,18H,3-7,16-17H2,1-2H3. The van der Waals surface area contributed by atoms with Gasteiger partial charge in [-0.05, 0) is 67.0 Å². The van der Waals surface area contributed by atoms with E-state index in [1.54, 1.807) is 12.1 Å². The molecule has 0 saturated carbocycles. The first-order chi connectivity index (χ1) is 15.0. The van der Waals surface area contributed by atoms with Crippen molar-refractivity contribution in [1.29, 1.82) is 0 Å². The van der Waals surface area contributed by atoms with Gasteiger partial charge in [-0.25, -0.2) is 4.90 Å². The first kappa shape index (κ1) is 21.6. The van der Waals surface area contributed by atoms with Gasteiger partial charge in [0.15, 0.2) is 0 Å². The van der Waals surface area contributed by atoms with Crippen LogP contribution in [0.3, 0.4) is 0 Å². The molecule has 162 valence electrons. The Kier molecular flexibility index (Phi) is 6.47. The molecule has 2 aliphatic rings. The zero-order chi connectivity index (χ0) is 22.0. The molecule has 2 aliphatic heterocycles. The van der Waals surface area contributed by atoms with Crippen molar-refractivity contribution in [2.45, 2.75) is 46.0 Å². The van der Waals surface area contributed by atoms with Gasteiger partial charge < -0.3 is 4.90 Å². The van der Waals surface area contributed by atoms with Crippen molar-refractivity contribution in [1.82, 2.24) is 4.90 Å². The van der Waals surface area contributed by atoms with Crippen LogP contribution in [-0.2, 0) is 16.0 Å². The van der Waals surface area contributed by atoms with E-state index in [-0.39, 0.29) is 11.8 Å². The maximum Gasteiger partial charge on any atom is 0.282 e. The van der Waals surface area contributed by atoms with E-state index < -0.39 is 0 Å². The normalized spacial score (nSPS) is 19.5. The van der Waals surface area contributed by atoms with E-state index in [1.165, 1.54) is 10.5 Å². The highest BCUT2D eigenvalue weighted by Gasteiger charge is 2.43. The molecule has 4 rings (SSSR count). The van der Waals surface area contributed by atoms with Crippen LogP contribution in [0, 0.1) is 5.92 Å². The predicted molar refractivity (Wildman–Crippen MR) is 126 cm³/mol. The van der Waals surface area contributed by atoms with E-state index in [4.69, 9.17) is 11.6 Å². The van der Waals surface area contributed by atoms with Crippen LogP contribution in [0.25, 0.3) is 5.57 Å². The van der Waals surface area contributed by atoms with Crippen molar-refractivity contribution >= 4 is 34.7 Å². The van der Waals surface area contributed by atoms with Crippen LogP contribution >= 0.6 is 11.6 Å². The summed E-state index contributed by atoms with van der Waals surface area (Å²) in [4.78, 5) is 30.6. The van der Waals surface area contributed by atoms with E-state index in [0.717, 1.165) is 50.8 Å². The summed E-state index contributed by atoms with van der Waals surface area (Å²) < 4.78 is 0. The third-order valence-electron chi connectivity index (χ3n) is 6.18. The number of hydrogen-bond acceptors (Lipinski definition) is 3. The second-order valence-electron chi connectivity index (χ2n) is 8.64. The van der Waals surface area contributed by atoms with Crippen molar-refractivity contribution in [3.8, 4) is 0 Å². The first-order valence-corrected chi connectivity index (χ1v) is 11.6. The molecule has 2 amide bonds. The van der Waals surface area contributed by atoms with Gasteiger partial charge in [0.1, 0.15) is 5.70 Å². The lowest BCUT2D eigenvalue weighted by atomic mass is 9.98. The molecular formula is C26H29ClN2O2. The highest BCUT2D eigenvalue weighted by Crippen LogP contribution is 2.36. The Balaban J connectivity index is 1.72. The van der Waals surface area contributed by atoms with Crippen molar-refractivity contribution in [3.63, 3.8) is 0 Å². The third kappa shape index (κ3) is 4.40. The minimum absolute atomic E-state index is 0.231. The molecule has 1 fully saturated rings. The molecule has 1 saturated heterocycles. The number of hydrogen-bond donors (Lipinski definition) is 0. The van der Waals surface area contributed by atoms with E-state index in [2.05, 4.69) is 18.7 Å². The monoisotopic (exact) mass is 436 g/mol. The highest BCUT2D eigenvalue weighted by molar-refractivity contribution is 6.45. The number of halogens is 1. The largest absolute Gasteiger partial charge is 0.366 e. The molecule has 0 aliphatic carbocycles. The third-order valence-corrected chi connectivity index (χ3v) is 6.43. The van der Waals surface area contributed by atoms with E-state index in [1.807, 2.05) is 36.4 Å². The number of imide groups is 1. The summed E-state index contributed by atoms with van der Waals surface area (Å²) in [5.74, 6) is -0.00488. The molecule has 0 N–H and O–H groups in total. The van der Waals surface area contributed by atoms with Gasteiger partial charge in [-0.15, -0.1) is 0 Å². The SMILES string of the molecule is CCCCc1ccc(N2C(=O)C(c3ccc(Cl)cc3)=C(N3CCCC(C)C3)C2=O)cc1. The molecule has 0 aromatic heterocycles. The number of nitrogens with zero attached hydrogens (tertiary/aromatic N) is 2. The van der Waals surface area contributed by atoms with E-state index >= 15 is 0 Å². The van der Waals surface area contributed by atoms with Crippen LogP contribution in [0.2, 0.25) is 5.02 Å². The number of carbonyl (C=O) groups is 2. The lowest BCUT2D eigenvalue weighted by Crippen LogP contribution is -2.39. The molecule has 2 heterocycles. The number of rotatable bonds is 6. The lowest BCUT2D eigenvalue weighted by molar-refractivity contribution is -0.120. The van der Waals surface area contributed by atoms with Crippen LogP contribution in [0.5, 0.6) is 0 Å². The van der Waals surface area contributed by atoms with Crippen molar-refractivity contribution in [2.24, 2.45) is 5.92 Å². The van der Waals surface area contributed by atoms with Crippen LogP contribution < -0.4 is 4.90 Å². The summed E-state index contributed by atoms with van der Waals surface area (Å²) in [7, 11) is 0. The smallest absolute Gasteiger partial charge is 0.282 e. The molecule has 2 aromatic carbocycles. The van der Waals surface area contributed by atoms with Gasteiger partial charge in [-0.3, -0.25) is 9.59 Å². The summed E-state index contributed by atoms with van der Waals surface area (Å²) in [5, 5.41) is 0.605. The Morgan fingerprint density at radius 2 is 1.71 bits per heavy atom. The van der Waals surface area contributed by atoms with Gasteiger partial charge in [0.05, 0.1) is 11.3 Å². The summed E-state index contributed by atoms with van der Waals surface area (Å²) >= 11 is 6.07. The first-order valence-electron chi connectivity index (χ1n) is 11.2. The molecule has 0 radical (unpaired) electrons. The molecule has 31 heavy (non-hydrogen) atoms. The van der Waals surface area contributed by atoms with E-state index in [9.17, 15) is 9.59 Å². The molecule has 0 spiro atoms. The Morgan fingerprint density at radius 3 is 2.35 bits per heavy atom. The Morgan fingerprint density at radius 1 is 1.00 bits per heavy atom. The number of amides is 2. The molecule has 4 nitrogen and oxygen atoms in total. The maximum atomic E-state index is 13.6. The number of unbranched alkanes of at least 4 members (excludes halogenated alkanes) is 1. The van der Waals surface area contributed by atoms with E-state index in [0.29, 0.717) is 27.9 Å². The van der Waals surface area contributed by atoms with Crippen molar-refractivity contribution in [2.75, 3.05) is 18.0 Å². The topological polar surface area (TPSA) is 40.6 Å². The average Bonchev–Trinajstić information content (AvgIpc) is 3.03. The maximum absolute atomic E-state index is 13.6. The number of likely N-dealkylation sites (tertiary alicyclic amines) is 1. The number of aryl methyl sites for hydroxylation is 1. The molecule has 1 unspecified atom stereocenters. The Bertz CT molecular complexity index is 995. The second-order valence-corrected chi connectivity index (χ2v) is 9.08. The summed E-state index contributed by atoms with van der Waals surface area (Å²) in [6, 6.07) is 15.0. The Hall–Kier alpha value is -2.59. The molecule has 0 bridgehead atoms. The molecule has 1 atom stereocenters. The number of carbonyl (C=O) groups excluding carboxylic acids is 2. The minimum atomic E-state index is -0.262. The zero-order valence-corrected chi connectivity index (χ0v) is 19.0. The average molecular weight is 437 g/mol. The van der Waals surface area contributed by atoms with Crippen LogP contribution in [0.4, 0.5) is 5.69 Å². The number of benzene rings is 2. The van der Waals surface area contributed by atoms with Gasteiger partial charge >= 0.3 is 0 Å². The highest BCUT2D eigenvalue weighted by atomic mass is 35.5. The van der Waals surface area contributed by atoms with Crippen LogP contribution in [0.1, 0.15) is 50.7 Å². The number of piperidine rings is 1. The minimum Gasteiger partial charge on any atom is -0.366 e. The van der Waals surface area contributed by atoms with Gasteiger partial charge in [-0.2, -0.15) is 0 Å². The van der Waals surface area contributed by atoms with Gasteiger partial charge in [0.2, 0.25) is 0 Å². The summed E-state index contributed by atoms with van der Waals surface area (Å²) in [6.45, 7) is 5.94. The second kappa shape index (κ2) is 9.27. The fourth-order valence-electron chi connectivity index (χ4n) is 4.51. The predicted octanol–water partition coefficient (Wildman–Crippen LogP) is 5.70. The fraction of sp³-hybridized carbons (Fsp3) is 0.385. The van der Waals surface area contributed by atoms with Crippen LogP contribution in [0.15, 0.2) is 54.2 Å². The fourth-order valence-corrected chi connectivity index (χ4v) is 4.63. The Labute approximate surface area is 189 Å². The number of anilines is 1. The van der Waals surface area contributed by atoms with Crippen molar-refractivity contribution in [3.05, 3.63) is 70.4 Å². The molecule has 5 heteroatoms. The molecule has 2 aromatic rings. The van der Waals surface area contributed by atoms with Gasteiger partial charge in [0.25, 0.3) is 11.8 Å². The van der Waals surface area contributed by atoms with Gasteiger partial charge in [0, 0.05) is 18.1 Å². The van der Waals surface area contributed by atoms with Gasteiger partial charge in [-0.1, -0.05) is 56.1 Å². The molecular weight excluding hydrogens is 408 g/mol. The van der Waals surface area contributed by atoms with Crippen LogP contribution in [-0.4, -0.2) is 29.8 Å². The summed E-state index contributed by atoms with van der Waals surface area (Å²) in [5.41, 5.74) is 3.58. The lowest BCUT2D eigenvalue weighted by Gasteiger charge is -2.33. The zero-order valence-electron chi connectivity index (χ0n) is 18.2.